The van der Waals surface area contributed by atoms with Crippen LogP contribution in [0, 0.1) is 0 Å². The molecule has 3 atom stereocenters. The molecule has 0 radical (unpaired) electrons. The van der Waals surface area contributed by atoms with Crippen LogP contribution < -0.4 is 21.7 Å². The summed E-state index contributed by atoms with van der Waals surface area (Å²) < 4.78 is 0. The van der Waals surface area contributed by atoms with Crippen LogP contribution in [0.15, 0.2) is 42.9 Å². The van der Waals surface area contributed by atoms with Crippen molar-refractivity contribution in [3.63, 3.8) is 0 Å². The number of carbonyl (C=O) groups excluding carboxylic acids is 3. The molecule has 0 fully saturated rings. The van der Waals surface area contributed by atoms with E-state index in [0.29, 0.717) is 5.69 Å². The Hall–Kier alpha value is -4.26. The van der Waals surface area contributed by atoms with Crippen molar-refractivity contribution < 1.29 is 34.2 Å². The number of carbonyl (C=O) groups is 5. The number of carboxylic acid groups (broad SMARTS) is 2. The molecule has 0 aliphatic heterocycles. The predicted molar refractivity (Wildman–Crippen MR) is 122 cm³/mol. The number of aromatic nitrogens is 2. The number of nitrogens with zero attached hydrogens (tertiary/aromatic N) is 1. The molecule has 0 spiro atoms. The van der Waals surface area contributed by atoms with E-state index >= 15 is 0 Å². The highest BCUT2D eigenvalue weighted by Gasteiger charge is 2.26. The van der Waals surface area contributed by atoms with Crippen molar-refractivity contribution in [1.29, 1.82) is 0 Å². The fourth-order valence-corrected chi connectivity index (χ4v) is 3.13. The molecule has 3 amide bonds. The van der Waals surface area contributed by atoms with Gasteiger partial charge in [0.2, 0.25) is 17.7 Å². The van der Waals surface area contributed by atoms with Gasteiger partial charge in [0, 0.05) is 24.7 Å². The summed E-state index contributed by atoms with van der Waals surface area (Å²) in [7, 11) is 0. The van der Waals surface area contributed by atoms with E-state index in [1.807, 2.05) is 30.3 Å². The van der Waals surface area contributed by atoms with E-state index in [1.54, 1.807) is 0 Å². The van der Waals surface area contributed by atoms with Gasteiger partial charge in [-0.2, -0.15) is 0 Å². The van der Waals surface area contributed by atoms with Crippen LogP contribution in [0.2, 0.25) is 0 Å². The lowest BCUT2D eigenvalue weighted by molar-refractivity contribution is -0.143. The molecule has 13 heteroatoms. The van der Waals surface area contributed by atoms with Crippen molar-refractivity contribution in [3.05, 3.63) is 54.1 Å². The summed E-state index contributed by atoms with van der Waals surface area (Å²) in [5.74, 6) is -4.71. The molecule has 1 heterocycles. The average molecular weight is 489 g/mol. The summed E-state index contributed by atoms with van der Waals surface area (Å²) in [6.07, 6.45) is 2.40. The molecule has 3 unspecified atom stereocenters. The van der Waals surface area contributed by atoms with Crippen molar-refractivity contribution in [2.24, 2.45) is 5.73 Å². The topological polar surface area (TPSA) is 217 Å². The van der Waals surface area contributed by atoms with Gasteiger partial charge < -0.3 is 36.9 Å². The second kappa shape index (κ2) is 13.4. The Balaban J connectivity index is 1.96. The summed E-state index contributed by atoms with van der Waals surface area (Å²) in [4.78, 5) is 66.1. The maximum atomic E-state index is 12.8. The van der Waals surface area contributed by atoms with E-state index in [1.165, 1.54) is 12.5 Å². The van der Waals surface area contributed by atoms with Crippen LogP contribution in [-0.2, 0) is 36.8 Å². The van der Waals surface area contributed by atoms with Crippen LogP contribution in [0.5, 0.6) is 0 Å². The predicted octanol–water partition coefficient (Wildman–Crippen LogP) is -1.44. The molecule has 1 aromatic carbocycles. The zero-order valence-corrected chi connectivity index (χ0v) is 18.8. The lowest BCUT2D eigenvalue weighted by Gasteiger charge is -2.21. The quantitative estimate of drug-likeness (QED) is 0.165. The average Bonchev–Trinajstić information content (AvgIpc) is 3.33. The first-order chi connectivity index (χ1) is 16.7. The fraction of sp³-hybridized carbons (Fsp3) is 0.364. The summed E-state index contributed by atoms with van der Waals surface area (Å²) in [5.41, 5.74) is 7.39. The van der Waals surface area contributed by atoms with Crippen molar-refractivity contribution in [2.45, 2.75) is 43.8 Å². The monoisotopic (exact) mass is 488 g/mol. The van der Waals surface area contributed by atoms with E-state index < -0.39 is 60.8 Å². The summed E-state index contributed by atoms with van der Waals surface area (Å²) in [6.45, 7) is -0.582. The van der Waals surface area contributed by atoms with Gasteiger partial charge in [0.15, 0.2) is 0 Å². The second-order valence-electron chi connectivity index (χ2n) is 7.75. The first-order valence-electron chi connectivity index (χ1n) is 10.7. The van der Waals surface area contributed by atoms with E-state index in [4.69, 9.17) is 15.9 Å². The van der Waals surface area contributed by atoms with Gasteiger partial charge in [0.1, 0.15) is 12.1 Å². The van der Waals surface area contributed by atoms with Gasteiger partial charge in [-0.3, -0.25) is 19.2 Å². The Morgan fingerprint density at radius 1 is 0.971 bits per heavy atom. The van der Waals surface area contributed by atoms with E-state index in [2.05, 4.69) is 25.9 Å². The number of aromatic amines is 1. The van der Waals surface area contributed by atoms with Gasteiger partial charge in [-0.05, 0) is 18.4 Å². The molecule has 35 heavy (non-hydrogen) atoms. The lowest BCUT2D eigenvalue weighted by Crippen LogP contribution is -2.54. The van der Waals surface area contributed by atoms with Gasteiger partial charge in [-0.15, -0.1) is 0 Å². The third-order valence-corrected chi connectivity index (χ3v) is 4.95. The number of hydrogen-bond donors (Lipinski definition) is 7. The van der Waals surface area contributed by atoms with Gasteiger partial charge in [-0.1, -0.05) is 30.3 Å². The van der Waals surface area contributed by atoms with Crippen molar-refractivity contribution >= 4 is 29.7 Å². The standard InChI is InChI=1S/C22H28N6O7/c23-15(8-13-4-2-1-3-5-13)20(32)28-17(9-14-10-24-12-26-14)21(33)25-11-18(29)27-16(22(34)35)6-7-19(30)31/h1-5,10,12,15-17H,6-9,11,23H2,(H,24,26)(H,25,33)(H,27,29)(H,28,32)(H,30,31)(H,34,35). The van der Waals surface area contributed by atoms with Crippen LogP contribution in [0.25, 0.3) is 0 Å². The zero-order valence-electron chi connectivity index (χ0n) is 18.8. The number of carboxylic acids is 2. The molecule has 0 aliphatic rings. The van der Waals surface area contributed by atoms with Crippen LogP contribution in [-0.4, -0.2) is 74.5 Å². The third kappa shape index (κ3) is 9.63. The smallest absolute Gasteiger partial charge is 0.326 e. The number of aliphatic carboxylic acids is 2. The minimum atomic E-state index is -1.42. The Morgan fingerprint density at radius 2 is 1.69 bits per heavy atom. The molecule has 2 aromatic rings. The Kier molecular flexibility index (Phi) is 10.4. The van der Waals surface area contributed by atoms with Crippen LogP contribution >= 0.6 is 0 Å². The minimum absolute atomic E-state index is 0.0353. The summed E-state index contributed by atoms with van der Waals surface area (Å²) >= 11 is 0. The summed E-state index contributed by atoms with van der Waals surface area (Å²) in [5, 5.41) is 24.9. The highest BCUT2D eigenvalue weighted by molar-refractivity contribution is 5.92. The van der Waals surface area contributed by atoms with Gasteiger partial charge >= 0.3 is 11.9 Å². The maximum Gasteiger partial charge on any atom is 0.326 e. The first kappa shape index (κ1) is 27.0. The van der Waals surface area contributed by atoms with E-state index in [9.17, 15) is 24.0 Å². The molecule has 1 aromatic heterocycles. The molecule has 2 rings (SSSR count). The number of hydrogen-bond acceptors (Lipinski definition) is 7. The van der Waals surface area contributed by atoms with E-state index in [0.717, 1.165) is 5.56 Å². The third-order valence-electron chi connectivity index (χ3n) is 4.95. The Bertz CT molecular complexity index is 1010. The largest absolute Gasteiger partial charge is 0.481 e. The van der Waals surface area contributed by atoms with Crippen LogP contribution in [0.1, 0.15) is 24.1 Å². The molecular formula is C22H28N6O7. The number of rotatable bonds is 14. The number of nitrogens with two attached hydrogens (primary N) is 1. The number of amides is 3. The molecule has 0 saturated carbocycles. The molecule has 8 N–H and O–H groups in total. The first-order valence-corrected chi connectivity index (χ1v) is 10.7. The molecular weight excluding hydrogens is 460 g/mol. The number of H-pyrrole nitrogens is 1. The van der Waals surface area contributed by atoms with Gasteiger partial charge in [0.25, 0.3) is 0 Å². The van der Waals surface area contributed by atoms with Crippen molar-refractivity contribution in [1.82, 2.24) is 25.9 Å². The molecule has 0 bridgehead atoms. The number of imidazole rings is 1. The Morgan fingerprint density at radius 3 is 2.29 bits per heavy atom. The molecule has 0 saturated heterocycles. The van der Waals surface area contributed by atoms with Crippen molar-refractivity contribution in [3.8, 4) is 0 Å². The number of benzene rings is 1. The van der Waals surface area contributed by atoms with Crippen molar-refractivity contribution in [2.75, 3.05) is 6.54 Å². The summed E-state index contributed by atoms with van der Waals surface area (Å²) in [6, 6.07) is 5.66. The highest BCUT2D eigenvalue weighted by atomic mass is 16.4. The second-order valence-corrected chi connectivity index (χ2v) is 7.75. The minimum Gasteiger partial charge on any atom is -0.481 e. The van der Waals surface area contributed by atoms with Crippen LogP contribution in [0.4, 0.5) is 0 Å². The molecule has 13 nitrogen and oxygen atoms in total. The van der Waals surface area contributed by atoms with Gasteiger partial charge in [0.05, 0.1) is 18.9 Å². The lowest BCUT2D eigenvalue weighted by atomic mass is 10.0. The Labute approximate surface area is 200 Å². The maximum absolute atomic E-state index is 12.8. The fourth-order valence-electron chi connectivity index (χ4n) is 3.13. The van der Waals surface area contributed by atoms with Gasteiger partial charge in [-0.25, -0.2) is 9.78 Å². The van der Waals surface area contributed by atoms with E-state index in [-0.39, 0.29) is 19.3 Å². The molecule has 188 valence electrons. The highest BCUT2D eigenvalue weighted by Crippen LogP contribution is 2.04. The normalized spacial score (nSPS) is 13.2. The zero-order chi connectivity index (χ0) is 25.8. The number of nitrogens with one attached hydrogen (secondary N) is 4. The molecule has 0 aliphatic carbocycles. The SMILES string of the molecule is NC(Cc1ccccc1)C(=O)NC(Cc1cnc[nH]1)C(=O)NCC(=O)NC(CCC(=O)O)C(=O)O. The van der Waals surface area contributed by atoms with Crippen LogP contribution in [0.3, 0.4) is 0 Å².